The maximum atomic E-state index is 11.8. The lowest BCUT2D eigenvalue weighted by Crippen LogP contribution is -2.33. The monoisotopic (exact) mass is 378 g/mol. The minimum absolute atomic E-state index is 0.00847. The van der Waals surface area contributed by atoms with Crippen molar-refractivity contribution in [2.24, 2.45) is 0 Å². The van der Waals surface area contributed by atoms with Crippen LogP contribution >= 0.6 is 7.82 Å². The first-order valence-corrected chi connectivity index (χ1v) is 9.52. The van der Waals surface area contributed by atoms with Crippen LogP contribution in [-0.2, 0) is 18.3 Å². The Hall–Kier alpha value is -1.29. The molecular weight excluding hydrogens is 355 g/mol. The van der Waals surface area contributed by atoms with Gasteiger partial charge in [0, 0.05) is 18.4 Å². The number of aromatic nitrogens is 2. The summed E-state index contributed by atoms with van der Waals surface area (Å²) in [7, 11) is -4.18. The largest absolute Gasteiger partial charge is 0.472 e. The van der Waals surface area contributed by atoms with E-state index in [1.165, 1.54) is 10.8 Å². The van der Waals surface area contributed by atoms with Gasteiger partial charge in [-0.1, -0.05) is 0 Å². The molecule has 1 aromatic rings. The molecule has 2 rings (SSSR count). The first kappa shape index (κ1) is 20.0. The molecule has 0 radical (unpaired) electrons. The van der Waals surface area contributed by atoms with Gasteiger partial charge >= 0.3 is 13.5 Å². The van der Waals surface area contributed by atoms with Gasteiger partial charge in [0.1, 0.15) is 6.23 Å². The zero-order chi connectivity index (χ0) is 18.4. The lowest BCUT2D eigenvalue weighted by Gasteiger charge is -2.17. The molecule has 3 atom stereocenters. The van der Waals surface area contributed by atoms with E-state index < -0.39 is 31.4 Å². The molecule has 10 nitrogen and oxygen atoms in total. The van der Waals surface area contributed by atoms with E-state index >= 15 is 0 Å². The lowest BCUT2D eigenvalue weighted by molar-refractivity contribution is -0.0261. The minimum atomic E-state index is -4.18. The van der Waals surface area contributed by atoms with E-state index in [0.29, 0.717) is 31.2 Å². The van der Waals surface area contributed by atoms with Gasteiger partial charge in [0.25, 0.3) is 5.56 Å². The Labute approximate surface area is 144 Å². The molecule has 0 saturated carbocycles. The van der Waals surface area contributed by atoms with Gasteiger partial charge in [-0.15, -0.1) is 0 Å². The Balaban J connectivity index is 1.85. The second-order valence-electron chi connectivity index (χ2n) is 5.80. The molecule has 2 heterocycles. The standard InChI is InChI=1S/C14H23N2O8P/c1-10-8-16(14(19)15-13(10)18)12-5-4-11(24-12)9-23-25(20,21)22-7-3-2-6-17/h8,11-12,17H,2-7,9H2,1H3,(H,20,21)(H,15,18,19)/t11-,12-/m1/s1. The summed E-state index contributed by atoms with van der Waals surface area (Å²) in [6.45, 7) is 1.43. The van der Waals surface area contributed by atoms with Crippen LogP contribution in [0.1, 0.15) is 37.5 Å². The number of phosphoric ester groups is 1. The predicted octanol–water partition coefficient (Wildman–Crippen LogP) is 0.429. The Bertz CT molecular complexity index is 730. The van der Waals surface area contributed by atoms with Crippen LogP contribution in [0.4, 0.5) is 0 Å². The van der Waals surface area contributed by atoms with E-state index in [1.807, 2.05) is 0 Å². The van der Waals surface area contributed by atoms with Gasteiger partial charge in [0.2, 0.25) is 0 Å². The number of H-pyrrole nitrogens is 1. The fourth-order valence-electron chi connectivity index (χ4n) is 2.42. The van der Waals surface area contributed by atoms with Crippen molar-refractivity contribution in [2.45, 2.75) is 44.9 Å². The highest BCUT2D eigenvalue weighted by Crippen LogP contribution is 2.44. The zero-order valence-corrected chi connectivity index (χ0v) is 14.8. The van der Waals surface area contributed by atoms with Gasteiger partial charge in [-0.25, -0.2) is 9.36 Å². The number of aromatic amines is 1. The van der Waals surface area contributed by atoms with Crippen LogP contribution in [0.15, 0.2) is 15.8 Å². The summed E-state index contributed by atoms with van der Waals surface area (Å²) in [6, 6.07) is 0. The molecule has 0 amide bonds. The van der Waals surface area contributed by atoms with Gasteiger partial charge in [-0.2, -0.15) is 0 Å². The Morgan fingerprint density at radius 3 is 2.84 bits per heavy atom. The first-order chi connectivity index (χ1) is 11.8. The molecule has 1 fully saturated rings. The third-order valence-electron chi connectivity index (χ3n) is 3.77. The number of aliphatic hydroxyl groups is 1. The van der Waals surface area contributed by atoms with Crippen LogP contribution in [0.3, 0.4) is 0 Å². The van der Waals surface area contributed by atoms with Crippen molar-refractivity contribution in [1.82, 2.24) is 9.55 Å². The smallest absolute Gasteiger partial charge is 0.396 e. The van der Waals surface area contributed by atoms with Crippen molar-refractivity contribution in [3.8, 4) is 0 Å². The number of unbranched alkanes of at least 4 members (excludes halogenated alkanes) is 1. The molecule has 1 aliphatic rings. The Morgan fingerprint density at radius 2 is 2.12 bits per heavy atom. The minimum Gasteiger partial charge on any atom is -0.396 e. The fourth-order valence-corrected chi connectivity index (χ4v) is 3.21. The van der Waals surface area contributed by atoms with Crippen LogP contribution in [0.5, 0.6) is 0 Å². The third kappa shape index (κ3) is 5.88. The van der Waals surface area contributed by atoms with Crippen molar-refractivity contribution < 1.29 is 28.3 Å². The first-order valence-electron chi connectivity index (χ1n) is 8.02. The molecule has 1 unspecified atom stereocenters. The number of phosphoric acid groups is 1. The molecule has 3 N–H and O–H groups in total. The number of nitrogens with zero attached hydrogens (tertiary/aromatic N) is 1. The van der Waals surface area contributed by atoms with Gasteiger partial charge in [-0.05, 0) is 32.6 Å². The summed E-state index contributed by atoms with van der Waals surface area (Å²) < 4.78 is 28.4. The van der Waals surface area contributed by atoms with Crippen LogP contribution in [-0.4, -0.2) is 45.5 Å². The summed E-state index contributed by atoms with van der Waals surface area (Å²) in [6.07, 6.45) is 2.34. The SMILES string of the molecule is Cc1cn([C@H]2CC[C@H](COP(=O)(O)OCCCCO)O2)c(=O)[nH]c1=O. The average molecular weight is 378 g/mol. The van der Waals surface area contributed by atoms with E-state index in [9.17, 15) is 19.0 Å². The van der Waals surface area contributed by atoms with Crippen LogP contribution in [0, 0.1) is 6.92 Å². The summed E-state index contributed by atoms with van der Waals surface area (Å²) >= 11 is 0. The molecule has 0 aliphatic carbocycles. The summed E-state index contributed by atoms with van der Waals surface area (Å²) in [5, 5.41) is 8.63. The number of aliphatic hydroxyl groups excluding tert-OH is 1. The van der Waals surface area contributed by atoms with E-state index in [0.717, 1.165) is 0 Å². The van der Waals surface area contributed by atoms with Gasteiger partial charge in [0.15, 0.2) is 0 Å². The van der Waals surface area contributed by atoms with Gasteiger partial charge in [0.05, 0.1) is 19.3 Å². The van der Waals surface area contributed by atoms with Gasteiger partial charge in [-0.3, -0.25) is 23.4 Å². The quantitative estimate of drug-likeness (QED) is 0.415. The maximum Gasteiger partial charge on any atom is 0.472 e. The summed E-state index contributed by atoms with van der Waals surface area (Å²) in [5.74, 6) is 0. The number of aryl methyl sites for hydroxylation is 1. The normalized spacial score (nSPS) is 22.8. The second kappa shape index (κ2) is 8.88. The highest BCUT2D eigenvalue weighted by atomic mass is 31.2. The molecule has 142 valence electrons. The number of ether oxygens (including phenoxy) is 1. The second-order valence-corrected chi connectivity index (χ2v) is 7.25. The molecule has 1 aromatic heterocycles. The molecule has 0 spiro atoms. The number of hydrogen-bond acceptors (Lipinski definition) is 7. The van der Waals surface area contributed by atoms with Gasteiger partial charge < -0.3 is 14.7 Å². The van der Waals surface area contributed by atoms with E-state index in [2.05, 4.69) is 4.98 Å². The average Bonchev–Trinajstić information content (AvgIpc) is 3.02. The molecule has 1 aliphatic heterocycles. The molecule has 11 heteroatoms. The number of nitrogens with one attached hydrogen (secondary N) is 1. The Morgan fingerprint density at radius 1 is 1.36 bits per heavy atom. The predicted molar refractivity (Wildman–Crippen MR) is 87.3 cm³/mol. The van der Waals surface area contributed by atoms with E-state index in [-0.39, 0.29) is 19.8 Å². The van der Waals surface area contributed by atoms with Crippen molar-refractivity contribution in [1.29, 1.82) is 0 Å². The maximum absolute atomic E-state index is 11.8. The van der Waals surface area contributed by atoms with Crippen molar-refractivity contribution in [3.63, 3.8) is 0 Å². The van der Waals surface area contributed by atoms with Crippen LogP contribution < -0.4 is 11.2 Å². The topological polar surface area (TPSA) is 140 Å². The number of hydrogen-bond donors (Lipinski definition) is 3. The van der Waals surface area contributed by atoms with E-state index in [4.69, 9.17) is 18.9 Å². The van der Waals surface area contributed by atoms with Crippen molar-refractivity contribution in [3.05, 3.63) is 32.6 Å². The third-order valence-corrected chi connectivity index (χ3v) is 4.76. The fraction of sp³-hybridized carbons (Fsp3) is 0.714. The number of rotatable bonds is 9. The zero-order valence-electron chi connectivity index (χ0n) is 13.9. The molecule has 0 bridgehead atoms. The molecule has 1 saturated heterocycles. The highest BCUT2D eigenvalue weighted by Gasteiger charge is 2.30. The van der Waals surface area contributed by atoms with Crippen molar-refractivity contribution in [2.75, 3.05) is 19.8 Å². The Kier molecular flexibility index (Phi) is 7.12. The van der Waals surface area contributed by atoms with Crippen molar-refractivity contribution >= 4 is 7.82 Å². The van der Waals surface area contributed by atoms with Crippen LogP contribution in [0.25, 0.3) is 0 Å². The van der Waals surface area contributed by atoms with Crippen LogP contribution in [0.2, 0.25) is 0 Å². The summed E-state index contributed by atoms with van der Waals surface area (Å²) in [5.41, 5.74) is -0.625. The molecule has 0 aromatic carbocycles. The highest BCUT2D eigenvalue weighted by molar-refractivity contribution is 7.47. The molecular formula is C14H23N2O8P. The van der Waals surface area contributed by atoms with E-state index in [1.54, 1.807) is 6.92 Å². The molecule has 25 heavy (non-hydrogen) atoms. The lowest BCUT2D eigenvalue weighted by atomic mass is 10.2. The summed E-state index contributed by atoms with van der Waals surface area (Å²) in [4.78, 5) is 35.0.